The number of methoxy groups -OCH3 is 1. The molecule has 28 heavy (non-hydrogen) atoms. The van der Waals surface area contributed by atoms with Crippen LogP contribution < -0.4 is 4.74 Å². The van der Waals surface area contributed by atoms with Gasteiger partial charge in [0.25, 0.3) is 0 Å². The van der Waals surface area contributed by atoms with Gasteiger partial charge in [-0.05, 0) is 52.7 Å². The molecule has 0 amide bonds. The molecule has 0 bridgehead atoms. The fraction of sp³-hybridized carbons (Fsp3) is 0.417. The van der Waals surface area contributed by atoms with Crippen LogP contribution in [0.4, 0.5) is 0 Å². The van der Waals surface area contributed by atoms with E-state index in [0.29, 0.717) is 6.42 Å². The molecule has 1 aliphatic heterocycles. The quantitative estimate of drug-likeness (QED) is 0.491. The number of hydrogen-bond acceptors (Lipinski definition) is 3. The van der Waals surface area contributed by atoms with Crippen LogP contribution in [0.2, 0.25) is 0 Å². The van der Waals surface area contributed by atoms with Crippen LogP contribution in [-0.2, 0) is 14.6 Å². The molecule has 3 nitrogen and oxygen atoms in total. The lowest BCUT2D eigenvalue weighted by molar-refractivity contribution is 0.00578. The maximum absolute atomic E-state index is 6.60. The summed E-state index contributed by atoms with van der Waals surface area (Å²) in [5.74, 6) is 0.825. The molecule has 2 aromatic carbocycles. The van der Waals surface area contributed by atoms with Gasteiger partial charge in [0, 0.05) is 5.56 Å². The molecule has 1 atom stereocenters. The van der Waals surface area contributed by atoms with E-state index in [1.165, 1.54) is 0 Å². The maximum atomic E-state index is 6.60. The highest BCUT2D eigenvalue weighted by Gasteiger charge is 2.61. The second-order valence-corrected chi connectivity index (χ2v) is 8.62. The number of ether oxygens (including phenoxy) is 1. The SMILES string of the molecule is C=CC[C@](B1OC(C)(C)C(C)(C)O1)(c1ccccc1)c1cc(C)ccc1OC. The van der Waals surface area contributed by atoms with Crippen LogP contribution in [0.3, 0.4) is 0 Å². The van der Waals surface area contributed by atoms with Crippen LogP contribution in [0.15, 0.2) is 61.2 Å². The van der Waals surface area contributed by atoms with Gasteiger partial charge in [-0.2, -0.15) is 0 Å². The standard InChI is InChI=1S/C24H31BO3/c1-8-16-24(19-12-10-9-11-13-19,20-17-18(2)14-15-21(20)26-7)25-27-22(3,4)23(5,6)28-25/h8-15,17H,1,16H2,2-7H3/t24-/m0/s1. The molecular formula is C24H31BO3. The van der Waals surface area contributed by atoms with Crippen LogP contribution in [0.5, 0.6) is 5.75 Å². The molecule has 1 saturated heterocycles. The van der Waals surface area contributed by atoms with Crippen LogP contribution in [0.25, 0.3) is 0 Å². The number of benzene rings is 2. The summed E-state index contributed by atoms with van der Waals surface area (Å²) in [5, 5.41) is -0.578. The second kappa shape index (κ2) is 7.42. The molecule has 1 fully saturated rings. The fourth-order valence-electron chi connectivity index (χ4n) is 3.92. The predicted molar refractivity (Wildman–Crippen MR) is 116 cm³/mol. The number of hydrogen-bond donors (Lipinski definition) is 0. The third-order valence-corrected chi connectivity index (χ3v) is 6.25. The Morgan fingerprint density at radius 2 is 1.64 bits per heavy atom. The molecule has 0 spiro atoms. The number of aryl methyl sites for hydroxylation is 1. The molecule has 0 aliphatic carbocycles. The summed E-state index contributed by atoms with van der Waals surface area (Å²) >= 11 is 0. The monoisotopic (exact) mass is 378 g/mol. The number of allylic oxidation sites excluding steroid dienone is 1. The Morgan fingerprint density at radius 3 is 2.18 bits per heavy atom. The molecule has 0 radical (unpaired) electrons. The zero-order valence-corrected chi connectivity index (χ0v) is 17.9. The molecule has 0 aromatic heterocycles. The van der Waals surface area contributed by atoms with Gasteiger partial charge in [0.1, 0.15) is 5.75 Å². The Morgan fingerprint density at radius 1 is 1.04 bits per heavy atom. The first-order valence-corrected chi connectivity index (χ1v) is 9.85. The second-order valence-electron chi connectivity index (χ2n) is 8.62. The number of rotatable bonds is 6. The van der Waals surface area contributed by atoms with Crippen LogP contribution in [-0.4, -0.2) is 25.4 Å². The van der Waals surface area contributed by atoms with Crippen molar-refractivity contribution in [1.29, 1.82) is 0 Å². The van der Waals surface area contributed by atoms with Crippen molar-refractivity contribution in [3.8, 4) is 5.75 Å². The third-order valence-electron chi connectivity index (χ3n) is 6.25. The normalized spacial score (nSPS) is 19.9. The highest BCUT2D eigenvalue weighted by atomic mass is 16.7. The minimum absolute atomic E-state index is 0.435. The Labute approximate surface area is 169 Å². The Balaban J connectivity index is 2.31. The lowest BCUT2D eigenvalue weighted by Gasteiger charge is -2.37. The first-order valence-electron chi connectivity index (χ1n) is 9.85. The smallest absolute Gasteiger partial charge is 0.474 e. The van der Waals surface area contributed by atoms with Crippen LogP contribution in [0, 0.1) is 6.92 Å². The van der Waals surface area contributed by atoms with Crippen molar-refractivity contribution in [2.75, 3.05) is 7.11 Å². The largest absolute Gasteiger partial charge is 0.496 e. The Bertz CT molecular complexity index is 828. The molecule has 1 heterocycles. The molecule has 1 aliphatic rings. The zero-order chi connectivity index (χ0) is 20.6. The summed E-state index contributed by atoms with van der Waals surface area (Å²) < 4.78 is 19.0. The summed E-state index contributed by atoms with van der Waals surface area (Å²) in [6, 6.07) is 16.7. The highest BCUT2D eigenvalue weighted by Crippen LogP contribution is 2.50. The van der Waals surface area contributed by atoms with Crippen molar-refractivity contribution >= 4 is 7.12 Å². The lowest BCUT2D eigenvalue weighted by Crippen LogP contribution is -2.47. The minimum Gasteiger partial charge on any atom is -0.496 e. The van der Waals surface area contributed by atoms with Crippen molar-refractivity contribution in [3.05, 3.63) is 77.9 Å². The average Bonchev–Trinajstić information content (AvgIpc) is 2.88. The molecule has 0 saturated carbocycles. The molecular weight excluding hydrogens is 347 g/mol. The van der Waals surface area contributed by atoms with Gasteiger partial charge >= 0.3 is 7.12 Å². The van der Waals surface area contributed by atoms with Gasteiger partial charge < -0.3 is 14.0 Å². The lowest BCUT2D eigenvalue weighted by atomic mass is 9.49. The van der Waals surface area contributed by atoms with Gasteiger partial charge in [-0.3, -0.25) is 0 Å². The maximum Gasteiger partial charge on any atom is 0.474 e. The first kappa shape index (κ1) is 20.7. The van der Waals surface area contributed by atoms with Gasteiger partial charge in [0.15, 0.2) is 0 Å². The molecule has 3 rings (SSSR count). The van der Waals surface area contributed by atoms with Gasteiger partial charge in [0.2, 0.25) is 0 Å². The van der Waals surface area contributed by atoms with Gasteiger partial charge in [-0.1, -0.05) is 54.1 Å². The van der Waals surface area contributed by atoms with Crippen molar-refractivity contribution < 1.29 is 14.0 Å². The van der Waals surface area contributed by atoms with E-state index in [-0.39, 0.29) is 0 Å². The van der Waals surface area contributed by atoms with Crippen molar-refractivity contribution in [2.24, 2.45) is 0 Å². The van der Waals surface area contributed by atoms with Crippen LogP contribution in [0.1, 0.15) is 50.8 Å². The van der Waals surface area contributed by atoms with E-state index >= 15 is 0 Å². The van der Waals surface area contributed by atoms with E-state index in [2.05, 4.69) is 77.6 Å². The molecule has 148 valence electrons. The molecule has 4 heteroatoms. The topological polar surface area (TPSA) is 27.7 Å². The van der Waals surface area contributed by atoms with E-state index in [4.69, 9.17) is 14.0 Å². The summed E-state index contributed by atoms with van der Waals surface area (Å²) in [6.45, 7) is 14.5. The first-order chi connectivity index (χ1) is 13.2. The summed E-state index contributed by atoms with van der Waals surface area (Å²) in [4.78, 5) is 0. The van der Waals surface area contributed by atoms with E-state index in [1.807, 2.05) is 18.2 Å². The summed E-state index contributed by atoms with van der Waals surface area (Å²) in [7, 11) is 1.23. The predicted octanol–water partition coefficient (Wildman–Crippen LogP) is 5.50. The van der Waals surface area contributed by atoms with Crippen molar-refractivity contribution in [1.82, 2.24) is 0 Å². The highest BCUT2D eigenvalue weighted by molar-refractivity contribution is 6.51. The van der Waals surface area contributed by atoms with Gasteiger partial charge in [0.05, 0.1) is 23.6 Å². The van der Waals surface area contributed by atoms with Gasteiger partial charge in [-0.25, -0.2) is 0 Å². The zero-order valence-electron chi connectivity index (χ0n) is 17.9. The van der Waals surface area contributed by atoms with E-state index in [1.54, 1.807) is 7.11 Å². The average molecular weight is 378 g/mol. The van der Waals surface area contributed by atoms with E-state index in [0.717, 1.165) is 22.4 Å². The summed E-state index contributed by atoms with van der Waals surface area (Å²) in [5.41, 5.74) is 2.47. The van der Waals surface area contributed by atoms with Crippen molar-refractivity contribution in [2.45, 2.75) is 57.6 Å². The van der Waals surface area contributed by atoms with Gasteiger partial charge in [-0.15, -0.1) is 6.58 Å². The molecule has 0 N–H and O–H groups in total. The van der Waals surface area contributed by atoms with Crippen molar-refractivity contribution in [3.63, 3.8) is 0 Å². The Kier molecular flexibility index (Phi) is 5.48. The molecule has 2 aromatic rings. The summed E-state index contributed by atoms with van der Waals surface area (Å²) in [6.07, 6.45) is 2.60. The fourth-order valence-corrected chi connectivity index (χ4v) is 3.92. The van der Waals surface area contributed by atoms with E-state index in [9.17, 15) is 0 Å². The Hall–Kier alpha value is -2.04. The van der Waals surface area contributed by atoms with E-state index < -0.39 is 23.6 Å². The van der Waals surface area contributed by atoms with Crippen LogP contribution >= 0.6 is 0 Å². The third kappa shape index (κ3) is 3.29. The molecule has 0 unspecified atom stereocenters. The minimum atomic E-state index is -0.578.